The van der Waals surface area contributed by atoms with Crippen LogP contribution in [0.3, 0.4) is 0 Å². The second kappa shape index (κ2) is 13.9. The van der Waals surface area contributed by atoms with Gasteiger partial charge in [-0.2, -0.15) is 0 Å². The van der Waals surface area contributed by atoms with Gasteiger partial charge >= 0.3 is 0 Å². The molecule has 1 heterocycles. The first-order chi connectivity index (χ1) is 33.3. The number of fused-ring (bicyclic) bond motifs is 20. The quantitative estimate of drug-likeness (QED) is 0.177. The van der Waals surface area contributed by atoms with Gasteiger partial charge in [-0.25, -0.2) is 9.97 Å². The van der Waals surface area contributed by atoms with Crippen molar-refractivity contribution in [3.63, 3.8) is 0 Å². The molecular weight excluding hydrogens is 809 g/mol. The zero-order valence-corrected chi connectivity index (χ0v) is 37.3. The zero-order chi connectivity index (χ0) is 43.8. The SMILES string of the molecule is C1=CCCC(c2nc(-c3ccccc3)cc(C3c4ccc5c(c4-c4ccc6ccccc6c43)C3=C(CCC=C3)C53C4=C(C=CCC4)C4(c5ccccc5-c5ccccc54)c4ccccc43)n2)=C1. The molecule has 0 amide bonds. The van der Waals surface area contributed by atoms with Crippen LogP contribution in [0.2, 0.25) is 0 Å². The molecule has 2 nitrogen and oxygen atoms in total. The lowest BCUT2D eigenvalue weighted by Crippen LogP contribution is -2.45. The topological polar surface area (TPSA) is 25.8 Å². The van der Waals surface area contributed by atoms with Crippen molar-refractivity contribution in [3.8, 4) is 33.5 Å². The molecule has 2 spiro atoms. The fourth-order valence-corrected chi connectivity index (χ4v) is 14.1. The van der Waals surface area contributed by atoms with Crippen LogP contribution in [-0.4, -0.2) is 9.97 Å². The minimum absolute atomic E-state index is 0.0840. The molecule has 2 unspecified atom stereocenters. The Morgan fingerprint density at radius 1 is 0.493 bits per heavy atom. The van der Waals surface area contributed by atoms with E-state index in [9.17, 15) is 0 Å². The standard InChI is InChI=1S/C65H46N2/c1-3-20-41(21-4-1)57-39-58(67-63(66-57)42-22-5-2-6-23-42)62-48-37-38-56-61(60(48)47-36-35-40-19-7-8-24-43(40)59(47)62)46-27-11-14-30-51(46)65(56)54-33-17-15-31-52(54)64(53-32-16-18-34-55(53)65)49-28-12-9-25-44(49)45-26-10-13-29-50(45)64/h1-5,7-13,15-17,19-22,24-29,31-33,35-39,62H,6,14,18,23,30,34H2. The lowest BCUT2D eigenvalue weighted by Gasteiger charge is -2.51. The first-order valence-corrected chi connectivity index (χ1v) is 24.4. The van der Waals surface area contributed by atoms with Crippen LogP contribution in [0.4, 0.5) is 0 Å². The lowest BCUT2D eigenvalue weighted by molar-refractivity contribution is 0.566. The summed E-state index contributed by atoms with van der Waals surface area (Å²) in [5.74, 6) is 0.753. The van der Waals surface area contributed by atoms with Crippen molar-refractivity contribution in [2.45, 2.75) is 55.3 Å². The molecule has 316 valence electrons. The summed E-state index contributed by atoms with van der Waals surface area (Å²) in [6, 6.07) is 60.0. The van der Waals surface area contributed by atoms with E-state index in [1.807, 2.05) is 0 Å². The molecule has 7 aromatic carbocycles. The van der Waals surface area contributed by atoms with Gasteiger partial charge < -0.3 is 0 Å². The summed E-state index contributed by atoms with van der Waals surface area (Å²) in [5, 5.41) is 2.55. The van der Waals surface area contributed by atoms with Crippen molar-refractivity contribution < 1.29 is 0 Å². The van der Waals surface area contributed by atoms with E-state index in [1.54, 1.807) is 11.1 Å². The van der Waals surface area contributed by atoms with Gasteiger partial charge in [0.25, 0.3) is 0 Å². The third-order valence-electron chi connectivity index (χ3n) is 16.5. The van der Waals surface area contributed by atoms with E-state index in [-0.39, 0.29) is 5.92 Å². The highest BCUT2D eigenvalue weighted by Crippen LogP contribution is 2.70. The van der Waals surface area contributed by atoms with Crippen LogP contribution in [0.1, 0.15) is 100 Å². The summed E-state index contributed by atoms with van der Waals surface area (Å²) in [4.78, 5) is 11.0. The van der Waals surface area contributed by atoms with Gasteiger partial charge in [-0.3, -0.25) is 0 Å². The van der Waals surface area contributed by atoms with Crippen LogP contribution in [0, 0.1) is 0 Å². The number of allylic oxidation sites excluding steroid dienone is 12. The molecule has 7 aliphatic carbocycles. The third kappa shape index (κ3) is 4.80. The molecule has 2 heteroatoms. The van der Waals surface area contributed by atoms with E-state index in [2.05, 4.69) is 200 Å². The number of rotatable bonds is 3. The van der Waals surface area contributed by atoms with E-state index in [0.717, 1.165) is 61.3 Å². The Hall–Kier alpha value is -7.68. The average Bonchev–Trinajstić information content (AvgIpc) is 4.02. The molecule has 0 saturated heterocycles. The fraction of sp³-hybridized carbons (Fsp3) is 0.138. The molecule has 0 N–H and O–H groups in total. The van der Waals surface area contributed by atoms with E-state index >= 15 is 0 Å². The summed E-state index contributed by atoms with van der Waals surface area (Å²) in [6.07, 6.45) is 22.6. The van der Waals surface area contributed by atoms with Gasteiger partial charge in [0, 0.05) is 5.56 Å². The molecule has 8 aromatic rings. The van der Waals surface area contributed by atoms with Crippen molar-refractivity contribution in [1.82, 2.24) is 9.97 Å². The second-order valence-electron chi connectivity index (χ2n) is 19.5. The maximum Gasteiger partial charge on any atom is 0.156 e. The highest BCUT2D eigenvalue weighted by molar-refractivity contribution is 6.05. The lowest BCUT2D eigenvalue weighted by atomic mass is 9.50. The van der Waals surface area contributed by atoms with Crippen molar-refractivity contribution in [2.24, 2.45) is 0 Å². The number of benzene rings is 7. The molecule has 1 aromatic heterocycles. The molecule has 7 aliphatic rings. The first kappa shape index (κ1) is 37.5. The van der Waals surface area contributed by atoms with Gasteiger partial charge in [0.1, 0.15) is 0 Å². The molecule has 0 bridgehead atoms. The van der Waals surface area contributed by atoms with Crippen LogP contribution in [-0.2, 0) is 10.8 Å². The smallest absolute Gasteiger partial charge is 0.156 e. The Bertz CT molecular complexity index is 3660. The molecule has 2 atom stereocenters. The van der Waals surface area contributed by atoms with Crippen LogP contribution >= 0.6 is 0 Å². The van der Waals surface area contributed by atoms with E-state index in [4.69, 9.17) is 9.97 Å². The third-order valence-corrected chi connectivity index (χ3v) is 16.5. The first-order valence-electron chi connectivity index (χ1n) is 24.4. The molecule has 0 fully saturated rings. The Morgan fingerprint density at radius 3 is 1.97 bits per heavy atom. The maximum atomic E-state index is 5.63. The molecule has 0 aliphatic heterocycles. The van der Waals surface area contributed by atoms with E-state index < -0.39 is 10.8 Å². The molecule has 0 saturated carbocycles. The Balaban J connectivity index is 1.05. The van der Waals surface area contributed by atoms with Crippen LogP contribution < -0.4 is 0 Å². The van der Waals surface area contributed by atoms with Gasteiger partial charge in [0.2, 0.25) is 0 Å². The Kier molecular flexibility index (Phi) is 7.80. The molecule has 0 radical (unpaired) electrons. The number of hydrogen-bond donors (Lipinski definition) is 0. The summed E-state index contributed by atoms with van der Waals surface area (Å²) in [5.41, 5.74) is 26.2. The number of aromatic nitrogens is 2. The highest BCUT2D eigenvalue weighted by atomic mass is 14.9. The molecular formula is C65H46N2. The van der Waals surface area contributed by atoms with Crippen LogP contribution in [0.5, 0.6) is 0 Å². The minimum Gasteiger partial charge on any atom is -0.232 e. The van der Waals surface area contributed by atoms with Crippen molar-refractivity contribution >= 4 is 21.9 Å². The maximum absolute atomic E-state index is 5.63. The highest BCUT2D eigenvalue weighted by Gasteiger charge is 2.60. The fourth-order valence-electron chi connectivity index (χ4n) is 14.1. The Labute approximate surface area is 391 Å². The summed E-state index contributed by atoms with van der Waals surface area (Å²) >= 11 is 0. The van der Waals surface area contributed by atoms with Crippen molar-refractivity contribution in [1.29, 1.82) is 0 Å². The van der Waals surface area contributed by atoms with Gasteiger partial charge in [-0.1, -0.05) is 194 Å². The predicted molar refractivity (Wildman–Crippen MR) is 274 cm³/mol. The van der Waals surface area contributed by atoms with E-state index in [1.165, 1.54) is 94.3 Å². The second-order valence-corrected chi connectivity index (χ2v) is 19.5. The number of hydrogen-bond acceptors (Lipinski definition) is 2. The van der Waals surface area contributed by atoms with Crippen LogP contribution in [0.15, 0.2) is 217 Å². The van der Waals surface area contributed by atoms with Crippen molar-refractivity contribution in [3.05, 3.63) is 273 Å². The van der Waals surface area contributed by atoms with E-state index in [0.29, 0.717) is 0 Å². The largest absolute Gasteiger partial charge is 0.232 e. The number of nitrogens with zero attached hydrogens (tertiary/aromatic N) is 2. The van der Waals surface area contributed by atoms with Gasteiger partial charge in [-0.05, 0) is 150 Å². The van der Waals surface area contributed by atoms with Crippen molar-refractivity contribution in [2.75, 3.05) is 0 Å². The van der Waals surface area contributed by atoms with Crippen LogP contribution in [0.25, 0.3) is 55.4 Å². The summed E-state index contributed by atoms with van der Waals surface area (Å²) < 4.78 is 0. The van der Waals surface area contributed by atoms with Gasteiger partial charge in [0.05, 0.1) is 28.1 Å². The summed E-state index contributed by atoms with van der Waals surface area (Å²) in [7, 11) is 0. The molecule has 67 heavy (non-hydrogen) atoms. The van der Waals surface area contributed by atoms with Gasteiger partial charge in [0.15, 0.2) is 5.82 Å². The summed E-state index contributed by atoms with van der Waals surface area (Å²) in [6.45, 7) is 0. The minimum atomic E-state index is -0.409. The average molecular weight is 855 g/mol. The normalized spacial score (nSPS) is 20.6. The predicted octanol–water partition coefficient (Wildman–Crippen LogP) is 15.6. The molecule has 15 rings (SSSR count). The monoisotopic (exact) mass is 854 g/mol. The van der Waals surface area contributed by atoms with Gasteiger partial charge in [-0.15, -0.1) is 0 Å². The Morgan fingerprint density at radius 2 is 1.18 bits per heavy atom. The zero-order valence-electron chi connectivity index (χ0n) is 37.3.